The van der Waals surface area contributed by atoms with Gasteiger partial charge < -0.3 is 9.47 Å². The van der Waals surface area contributed by atoms with Crippen LogP contribution in [0.1, 0.15) is 53.6 Å². The van der Waals surface area contributed by atoms with Crippen LogP contribution in [0, 0.1) is 12.7 Å². The van der Waals surface area contributed by atoms with Crippen LogP contribution >= 0.6 is 0 Å². The highest BCUT2D eigenvalue weighted by Gasteiger charge is 2.46. The van der Waals surface area contributed by atoms with Gasteiger partial charge >= 0.3 is 0 Å². The van der Waals surface area contributed by atoms with Gasteiger partial charge in [-0.1, -0.05) is 80.6 Å². The van der Waals surface area contributed by atoms with E-state index in [4.69, 9.17) is 9.47 Å². The molecule has 1 heterocycles. The van der Waals surface area contributed by atoms with E-state index < -0.39 is 5.60 Å². The minimum atomic E-state index is -0.644. The maximum Gasteiger partial charge on any atom is 0.159 e. The second kappa shape index (κ2) is 8.44. The SMILES string of the molecule is COc1ccc(C2(c3ccccc3)CCc3c4c(c5ccccc5c3O2)-c2cc(F)cc(C)c2C4(C)C)cc1. The van der Waals surface area contributed by atoms with E-state index in [1.165, 1.54) is 16.7 Å². The van der Waals surface area contributed by atoms with Crippen LogP contribution in [0.5, 0.6) is 11.5 Å². The molecule has 0 radical (unpaired) electrons. The lowest BCUT2D eigenvalue weighted by Crippen LogP contribution is -2.39. The first-order valence-corrected chi connectivity index (χ1v) is 13.6. The van der Waals surface area contributed by atoms with E-state index in [-0.39, 0.29) is 11.2 Å². The fraction of sp³-hybridized carbons (Fsp3) is 0.222. The van der Waals surface area contributed by atoms with Gasteiger partial charge in [0, 0.05) is 16.4 Å². The highest BCUT2D eigenvalue weighted by atomic mass is 19.1. The Kier molecular flexibility index (Phi) is 5.19. The Morgan fingerprint density at radius 3 is 2.18 bits per heavy atom. The van der Waals surface area contributed by atoms with Crippen molar-refractivity contribution in [1.29, 1.82) is 0 Å². The molecule has 5 aromatic carbocycles. The van der Waals surface area contributed by atoms with Gasteiger partial charge in [0.1, 0.15) is 17.3 Å². The van der Waals surface area contributed by atoms with Gasteiger partial charge in [0.05, 0.1) is 7.11 Å². The molecular formula is C36H31FO2. The number of ether oxygens (including phenoxy) is 2. The Morgan fingerprint density at radius 2 is 1.46 bits per heavy atom. The predicted molar refractivity (Wildman–Crippen MR) is 155 cm³/mol. The molecule has 39 heavy (non-hydrogen) atoms. The van der Waals surface area contributed by atoms with E-state index in [0.717, 1.165) is 62.9 Å². The number of hydrogen-bond donors (Lipinski definition) is 0. The second-order valence-electron chi connectivity index (χ2n) is 11.4. The first-order chi connectivity index (χ1) is 18.8. The molecule has 0 aromatic heterocycles. The van der Waals surface area contributed by atoms with Crippen LogP contribution in [0.15, 0.2) is 91.0 Å². The van der Waals surface area contributed by atoms with Gasteiger partial charge in [-0.3, -0.25) is 0 Å². The predicted octanol–water partition coefficient (Wildman–Crippen LogP) is 8.87. The van der Waals surface area contributed by atoms with Crippen LogP contribution < -0.4 is 9.47 Å². The van der Waals surface area contributed by atoms with E-state index in [1.807, 2.05) is 25.1 Å². The van der Waals surface area contributed by atoms with Crippen molar-refractivity contribution in [3.05, 3.63) is 130 Å². The zero-order valence-electron chi connectivity index (χ0n) is 22.8. The molecule has 7 rings (SSSR count). The summed E-state index contributed by atoms with van der Waals surface area (Å²) < 4.78 is 27.6. The first-order valence-electron chi connectivity index (χ1n) is 13.6. The third-order valence-electron chi connectivity index (χ3n) is 8.89. The van der Waals surface area contributed by atoms with Crippen molar-refractivity contribution >= 4 is 10.8 Å². The van der Waals surface area contributed by atoms with Crippen LogP contribution in [0.3, 0.4) is 0 Å². The Hall–Kier alpha value is -4.11. The molecule has 3 heteroatoms. The average molecular weight is 515 g/mol. The highest BCUT2D eigenvalue weighted by Crippen LogP contribution is 2.59. The number of fused-ring (bicyclic) bond motifs is 8. The molecule has 194 valence electrons. The summed E-state index contributed by atoms with van der Waals surface area (Å²) in [7, 11) is 1.69. The quantitative estimate of drug-likeness (QED) is 0.239. The lowest BCUT2D eigenvalue weighted by molar-refractivity contribution is 0.0866. The molecule has 1 unspecified atom stereocenters. The number of methoxy groups -OCH3 is 1. The first kappa shape index (κ1) is 24.0. The van der Waals surface area contributed by atoms with Crippen molar-refractivity contribution in [2.24, 2.45) is 0 Å². The summed E-state index contributed by atoms with van der Waals surface area (Å²) in [5, 5.41) is 2.19. The van der Waals surface area contributed by atoms with Gasteiger partial charge in [-0.15, -0.1) is 0 Å². The summed E-state index contributed by atoms with van der Waals surface area (Å²) in [6.45, 7) is 6.59. The van der Waals surface area contributed by atoms with Crippen molar-refractivity contribution in [2.75, 3.05) is 7.11 Å². The van der Waals surface area contributed by atoms with Crippen molar-refractivity contribution in [2.45, 2.75) is 44.6 Å². The number of benzene rings is 5. The van der Waals surface area contributed by atoms with Gasteiger partial charge in [-0.05, 0) is 88.4 Å². The zero-order valence-corrected chi connectivity index (χ0v) is 22.8. The van der Waals surface area contributed by atoms with Gasteiger partial charge in [0.15, 0.2) is 5.60 Å². The zero-order chi connectivity index (χ0) is 26.9. The normalized spacial score (nSPS) is 18.7. The Labute approximate surface area is 229 Å². The molecule has 0 saturated heterocycles. The van der Waals surface area contributed by atoms with Crippen LogP contribution in [0.2, 0.25) is 0 Å². The molecule has 0 fully saturated rings. The summed E-state index contributed by atoms with van der Waals surface area (Å²) in [4.78, 5) is 0. The van der Waals surface area contributed by atoms with E-state index in [0.29, 0.717) is 0 Å². The monoisotopic (exact) mass is 514 g/mol. The topological polar surface area (TPSA) is 18.5 Å². The molecule has 0 saturated carbocycles. The van der Waals surface area contributed by atoms with Crippen LogP contribution in [0.4, 0.5) is 4.39 Å². The molecule has 0 spiro atoms. The van der Waals surface area contributed by atoms with E-state index in [9.17, 15) is 4.39 Å². The maximum atomic E-state index is 14.8. The van der Waals surface area contributed by atoms with Gasteiger partial charge in [-0.25, -0.2) is 4.39 Å². The maximum absolute atomic E-state index is 14.8. The fourth-order valence-corrected chi connectivity index (χ4v) is 7.35. The molecule has 5 aromatic rings. The largest absolute Gasteiger partial charge is 0.497 e. The Morgan fingerprint density at radius 1 is 0.795 bits per heavy atom. The number of aryl methyl sites for hydroxylation is 1. The second-order valence-corrected chi connectivity index (χ2v) is 11.4. The molecule has 1 aliphatic carbocycles. The van der Waals surface area contributed by atoms with Gasteiger partial charge in [-0.2, -0.15) is 0 Å². The van der Waals surface area contributed by atoms with Crippen LogP contribution in [0.25, 0.3) is 21.9 Å². The number of rotatable bonds is 3. The van der Waals surface area contributed by atoms with Crippen molar-refractivity contribution < 1.29 is 13.9 Å². The minimum absolute atomic E-state index is 0.185. The number of hydrogen-bond acceptors (Lipinski definition) is 2. The summed E-state index contributed by atoms with van der Waals surface area (Å²) >= 11 is 0. The molecule has 0 amide bonds. The van der Waals surface area contributed by atoms with Crippen LogP contribution in [-0.4, -0.2) is 7.11 Å². The minimum Gasteiger partial charge on any atom is -0.497 e. The van der Waals surface area contributed by atoms with Crippen molar-refractivity contribution in [1.82, 2.24) is 0 Å². The summed E-state index contributed by atoms with van der Waals surface area (Å²) in [6.07, 6.45) is 1.64. The van der Waals surface area contributed by atoms with E-state index in [1.54, 1.807) is 19.2 Å². The average Bonchev–Trinajstić information content (AvgIpc) is 3.20. The molecular weight excluding hydrogens is 483 g/mol. The fourth-order valence-electron chi connectivity index (χ4n) is 7.35. The number of halogens is 1. The Balaban J connectivity index is 1.53. The lowest BCUT2D eigenvalue weighted by Gasteiger charge is -2.42. The highest BCUT2D eigenvalue weighted by molar-refractivity contribution is 6.07. The molecule has 0 bridgehead atoms. The third kappa shape index (κ3) is 3.32. The van der Waals surface area contributed by atoms with Crippen molar-refractivity contribution in [3.8, 4) is 22.6 Å². The smallest absolute Gasteiger partial charge is 0.159 e. The molecule has 0 N–H and O–H groups in total. The van der Waals surface area contributed by atoms with E-state index in [2.05, 4.69) is 74.5 Å². The third-order valence-corrected chi connectivity index (χ3v) is 8.89. The lowest BCUT2D eigenvalue weighted by atomic mass is 9.73. The summed E-state index contributed by atoms with van der Waals surface area (Å²) in [6, 6.07) is 30.7. The van der Waals surface area contributed by atoms with E-state index >= 15 is 0 Å². The summed E-state index contributed by atoms with van der Waals surface area (Å²) in [5.41, 5.74) is 8.22. The molecule has 2 aliphatic rings. The van der Waals surface area contributed by atoms with Crippen molar-refractivity contribution in [3.63, 3.8) is 0 Å². The standard InChI is InChI=1S/C36H31FO2/c1-22-20-25(37)21-30-31-27-12-8-9-13-28(27)34-29(33(31)35(2,3)32(22)30)18-19-36(39-34,23-10-6-5-7-11-23)24-14-16-26(38-4)17-15-24/h5-17,20-21H,18-19H2,1-4H3. The molecule has 1 aliphatic heterocycles. The van der Waals surface area contributed by atoms with Gasteiger partial charge in [0.25, 0.3) is 0 Å². The van der Waals surface area contributed by atoms with Crippen LogP contribution in [-0.2, 0) is 17.4 Å². The molecule has 2 nitrogen and oxygen atoms in total. The Bertz CT molecular complexity index is 1750. The molecule has 1 atom stereocenters. The van der Waals surface area contributed by atoms with Gasteiger partial charge in [0.2, 0.25) is 0 Å². The summed E-state index contributed by atoms with van der Waals surface area (Å²) in [5.74, 6) is 1.58.